The predicted octanol–water partition coefficient (Wildman–Crippen LogP) is 1.81. The third-order valence-electron chi connectivity index (χ3n) is 5.56. The van der Waals surface area contributed by atoms with E-state index < -0.39 is 17.2 Å². The molecule has 7 nitrogen and oxygen atoms in total. The first-order valence-corrected chi connectivity index (χ1v) is 9.07. The predicted molar refractivity (Wildman–Crippen MR) is 99.5 cm³/mol. The number of fused-ring (bicyclic) bond motifs is 1. The molecule has 1 aromatic carbocycles. The van der Waals surface area contributed by atoms with Gasteiger partial charge in [0.2, 0.25) is 5.43 Å². The Kier molecular flexibility index (Phi) is 4.10. The molecule has 4 rings (SSSR count). The number of aryl methyl sites for hydroxylation is 1. The number of benzene rings is 1. The molecule has 0 amide bonds. The maximum absolute atomic E-state index is 15.1. The summed E-state index contributed by atoms with van der Waals surface area (Å²) in [6, 6.07) is 1.15. The Bertz CT molecular complexity index is 997. The fourth-order valence-corrected chi connectivity index (χ4v) is 4.01. The van der Waals surface area contributed by atoms with E-state index in [-0.39, 0.29) is 22.2 Å². The Morgan fingerprint density at radius 2 is 2.19 bits per heavy atom. The SMILES string of the molecule is CCn1cc(C(=O)O)c(=O)c2cc(F)c(N3CCNC4(CC4)C3)c(OC)c21. The van der Waals surface area contributed by atoms with Crippen molar-refractivity contribution in [2.24, 2.45) is 0 Å². The van der Waals surface area contributed by atoms with Crippen molar-refractivity contribution in [1.82, 2.24) is 9.88 Å². The zero-order chi connectivity index (χ0) is 19.3. The molecule has 8 heteroatoms. The van der Waals surface area contributed by atoms with Crippen LogP contribution in [-0.4, -0.2) is 47.9 Å². The molecule has 27 heavy (non-hydrogen) atoms. The zero-order valence-electron chi connectivity index (χ0n) is 15.3. The molecular weight excluding hydrogens is 353 g/mol. The summed E-state index contributed by atoms with van der Waals surface area (Å²) in [7, 11) is 1.45. The number of piperazine rings is 1. The molecule has 1 aromatic heterocycles. The van der Waals surface area contributed by atoms with Crippen LogP contribution in [0.2, 0.25) is 0 Å². The molecule has 144 valence electrons. The standard InChI is InChI=1S/C19H22FN3O4/c1-3-22-9-12(18(25)26)16(24)11-8-13(20)15(17(27-2)14(11)22)23-7-6-21-19(10-23)4-5-19/h8-9,21H,3-7,10H2,1-2H3,(H,25,26). The van der Waals surface area contributed by atoms with Gasteiger partial charge in [0.25, 0.3) is 0 Å². The summed E-state index contributed by atoms with van der Waals surface area (Å²) >= 11 is 0. The number of ether oxygens (including phenoxy) is 1. The van der Waals surface area contributed by atoms with Gasteiger partial charge in [-0.3, -0.25) is 4.79 Å². The maximum Gasteiger partial charge on any atom is 0.341 e. The molecule has 0 radical (unpaired) electrons. The van der Waals surface area contributed by atoms with Gasteiger partial charge in [-0.1, -0.05) is 0 Å². The monoisotopic (exact) mass is 375 g/mol. The summed E-state index contributed by atoms with van der Waals surface area (Å²) in [5.41, 5.74) is -0.276. The van der Waals surface area contributed by atoms with Gasteiger partial charge in [0.05, 0.1) is 18.0 Å². The van der Waals surface area contributed by atoms with Crippen molar-refractivity contribution in [1.29, 1.82) is 0 Å². The number of hydrogen-bond donors (Lipinski definition) is 2. The third-order valence-corrected chi connectivity index (χ3v) is 5.56. The summed E-state index contributed by atoms with van der Waals surface area (Å²) in [6.45, 7) is 4.31. The smallest absolute Gasteiger partial charge is 0.341 e. The van der Waals surface area contributed by atoms with Crippen LogP contribution in [0.5, 0.6) is 5.75 Å². The van der Waals surface area contributed by atoms with Crippen molar-refractivity contribution in [3.8, 4) is 5.75 Å². The molecule has 0 unspecified atom stereocenters. The highest BCUT2D eigenvalue weighted by Gasteiger charge is 2.46. The van der Waals surface area contributed by atoms with E-state index in [1.807, 2.05) is 11.8 Å². The number of methoxy groups -OCH3 is 1. The van der Waals surface area contributed by atoms with E-state index in [2.05, 4.69) is 5.32 Å². The van der Waals surface area contributed by atoms with Gasteiger partial charge in [-0.05, 0) is 25.8 Å². The van der Waals surface area contributed by atoms with Crippen molar-refractivity contribution in [2.75, 3.05) is 31.6 Å². The molecule has 0 bridgehead atoms. The summed E-state index contributed by atoms with van der Waals surface area (Å²) in [5.74, 6) is -1.62. The van der Waals surface area contributed by atoms with Crippen LogP contribution in [0.1, 0.15) is 30.1 Å². The van der Waals surface area contributed by atoms with Crippen molar-refractivity contribution in [3.63, 3.8) is 0 Å². The molecule has 2 aliphatic rings. The quantitative estimate of drug-likeness (QED) is 0.848. The summed E-state index contributed by atoms with van der Waals surface area (Å²) in [5, 5.41) is 12.8. The van der Waals surface area contributed by atoms with Crippen LogP contribution in [0.15, 0.2) is 17.1 Å². The molecule has 2 N–H and O–H groups in total. The van der Waals surface area contributed by atoms with Crippen LogP contribution in [0.4, 0.5) is 10.1 Å². The molecule has 2 aromatic rings. The van der Waals surface area contributed by atoms with Gasteiger partial charge in [-0.2, -0.15) is 0 Å². The van der Waals surface area contributed by atoms with Gasteiger partial charge >= 0.3 is 5.97 Å². The molecule has 1 spiro atoms. The molecule has 2 fully saturated rings. The Labute approximate surface area is 155 Å². The van der Waals surface area contributed by atoms with Gasteiger partial charge in [0.15, 0.2) is 11.6 Å². The third kappa shape index (κ3) is 2.75. The molecule has 1 aliphatic carbocycles. The highest BCUT2D eigenvalue weighted by atomic mass is 19.1. The Morgan fingerprint density at radius 3 is 2.78 bits per heavy atom. The lowest BCUT2D eigenvalue weighted by molar-refractivity contribution is 0.0695. The number of nitrogens with zero attached hydrogens (tertiary/aromatic N) is 2. The van der Waals surface area contributed by atoms with E-state index >= 15 is 4.39 Å². The fourth-order valence-electron chi connectivity index (χ4n) is 4.01. The molecular formula is C19H22FN3O4. The number of halogens is 1. The minimum atomic E-state index is -1.33. The van der Waals surface area contributed by atoms with Crippen LogP contribution in [0.25, 0.3) is 10.9 Å². The largest absolute Gasteiger partial charge is 0.492 e. The van der Waals surface area contributed by atoms with Crippen molar-refractivity contribution < 1.29 is 19.0 Å². The van der Waals surface area contributed by atoms with E-state index in [0.29, 0.717) is 30.8 Å². The van der Waals surface area contributed by atoms with Crippen LogP contribution >= 0.6 is 0 Å². The van der Waals surface area contributed by atoms with Crippen molar-refractivity contribution in [2.45, 2.75) is 31.8 Å². The maximum atomic E-state index is 15.1. The summed E-state index contributed by atoms with van der Waals surface area (Å²) in [4.78, 5) is 26.0. The Balaban J connectivity index is 1.98. The van der Waals surface area contributed by atoms with Crippen LogP contribution in [0, 0.1) is 5.82 Å². The number of anilines is 1. The van der Waals surface area contributed by atoms with Gasteiger partial charge in [0.1, 0.15) is 11.3 Å². The topological polar surface area (TPSA) is 83.8 Å². The average Bonchev–Trinajstić information content (AvgIpc) is 3.39. The average molecular weight is 375 g/mol. The van der Waals surface area contributed by atoms with Gasteiger partial charge in [-0.25, -0.2) is 9.18 Å². The Morgan fingerprint density at radius 1 is 1.44 bits per heavy atom. The molecule has 0 atom stereocenters. The van der Waals surface area contributed by atoms with Crippen LogP contribution in [0.3, 0.4) is 0 Å². The number of hydrogen-bond acceptors (Lipinski definition) is 5. The molecule has 1 saturated carbocycles. The summed E-state index contributed by atoms with van der Waals surface area (Å²) in [6.07, 6.45) is 3.42. The highest BCUT2D eigenvalue weighted by Crippen LogP contribution is 2.43. The minimum absolute atomic E-state index is 0.0196. The minimum Gasteiger partial charge on any atom is -0.492 e. The number of aromatic carboxylic acids is 1. The summed E-state index contributed by atoms with van der Waals surface area (Å²) < 4.78 is 22.3. The van der Waals surface area contributed by atoms with E-state index in [9.17, 15) is 14.7 Å². The second-order valence-corrected chi connectivity index (χ2v) is 7.23. The number of carboxylic acids is 1. The number of pyridine rings is 1. The van der Waals surface area contributed by atoms with Crippen molar-refractivity contribution >= 4 is 22.6 Å². The normalized spacial score (nSPS) is 18.1. The van der Waals surface area contributed by atoms with Crippen molar-refractivity contribution in [3.05, 3.63) is 33.9 Å². The second-order valence-electron chi connectivity index (χ2n) is 7.23. The molecule has 1 saturated heterocycles. The first kappa shape index (κ1) is 17.8. The first-order chi connectivity index (χ1) is 12.9. The number of nitrogens with one attached hydrogen (secondary N) is 1. The lowest BCUT2D eigenvalue weighted by atomic mass is 10.1. The van der Waals surface area contributed by atoms with Crippen LogP contribution in [-0.2, 0) is 6.54 Å². The molecule has 2 heterocycles. The number of aromatic nitrogens is 1. The first-order valence-electron chi connectivity index (χ1n) is 9.07. The van der Waals surface area contributed by atoms with Gasteiger partial charge < -0.3 is 24.6 Å². The lowest BCUT2D eigenvalue weighted by Crippen LogP contribution is -2.52. The number of rotatable bonds is 4. The zero-order valence-corrected chi connectivity index (χ0v) is 15.3. The van der Waals surface area contributed by atoms with E-state index in [1.165, 1.54) is 13.3 Å². The lowest BCUT2D eigenvalue weighted by Gasteiger charge is -2.36. The second kappa shape index (κ2) is 6.23. The highest BCUT2D eigenvalue weighted by molar-refractivity contribution is 5.97. The van der Waals surface area contributed by atoms with E-state index in [4.69, 9.17) is 4.74 Å². The van der Waals surface area contributed by atoms with Crippen LogP contribution < -0.4 is 20.4 Å². The number of carbonyl (C=O) groups is 1. The Hall–Kier alpha value is -2.61. The number of carboxylic acid groups (broad SMARTS) is 1. The van der Waals surface area contributed by atoms with E-state index in [0.717, 1.165) is 25.5 Å². The van der Waals surface area contributed by atoms with E-state index in [1.54, 1.807) is 4.57 Å². The van der Waals surface area contributed by atoms with Gasteiger partial charge in [0, 0.05) is 37.9 Å². The fraction of sp³-hybridized carbons (Fsp3) is 0.474. The van der Waals surface area contributed by atoms with Gasteiger partial charge in [-0.15, -0.1) is 0 Å². The molecule has 1 aliphatic heterocycles.